The van der Waals surface area contributed by atoms with Crippen molar-refractivity contribution in [3.05, 3.63) is 0 Å². The minimum atomic E-state index is -0.829. The van der Waals surface area contributed by atoms with E-state index in [1.807, 2.05) is 0 Å². The van der Waals surface area contributed by atoms with Crippen molar-refractivity contribution < 1.29 is 9.90 Å². The van der Waals surface area contributed by atoms with E-state index in [0.29, 0.717) is 0 Å². The van der Waals surface area contributed by atoms with Crippen molar-refractivity contribution in [3.8, 4) is 0 Å². The summed E-state index contributed by atoms with van der Waals surface area (Å²) in [7, 11) is 0. The van der Waals surface area contributed by atoms with Crippen LogP contribution in [0.3, 0.4) is 0 Å². The lowest BCUT2D eigenvalue weighted by atomic mass is 10.8. The maximum Gasteiger partial charge on any atom is 0.314 e. The highest BCUT2D eigenvalue weighted by Crippen LogP contribution is 1.73. The van der Waals surface area contributed by atoms with Gasteiger partial charge in [-0.15, -0.1) is 0 Å². The zero-order valence-electron chi connectivity index (χ0n) is 2.44. The molecule has 0 amide bonds. The Kier molecular flexibility index (Phi) is 2.18. The third-order valence-electron chi connectivity index (χ3n) is 0.114. The van der Waals surface area contributed by atoms with E-state index in [2.05, 4.69) is 15.9 Å². The number of carboxylic acids is 1. The Labute approximate surface area is 37.9 Å². The average Bonchev–Trinajstić information content (AvgIpc) is 1.38. The Balaban J connectivity index is 2.85. The Morgan fingerprint density at radius 1 is 2.00 bits per heavy atom. The standard InChI is InChI=1S/C2H3BrO2/c3-1-2(4)5/h1H2,(H,4,5)/i2+0. The molecule has 0 unspecified atom stereocenters. The first-order chi connectivity index (χ1) is 2.27. The quantitative estimate of drug-likeness (QED) is 0.536. The fraction of sp³-hybridized carbons (Fsp3) is 0.500. The van der Waals surface area contributed by atoms with E-state index < -0.39 is 5.97 Å². The van der Waals surface area contributed by atoms with Gasteiger partial charge in [-0.25, -0.2) is 0 Å². The van der Waals surface area contributed by atoms with Gasteiger partial charge >= 0.3 is 5.97 Å². The summed E-state index contributed by atoms with van der Waals surface area (Å²) in [5.41, 5.74) is 0. The average molecular weight is 139 g/mol. The summed E-state index contributed by atoms with van der Waals surface area (Å²) in [5.74, 6) is -0.829. The molecule has 0 aromatic carbocycles. The van der Waals surface area contributed by atoms with Crippen molar-refractivity contribution in [1.82, 2.24) is 0 Å². The Morgan fingerprint density at radius 2 is 2.20 bits per heavy atom. The first-order valence-corrected chi connectivity index (χ1v) is 2.17. The summed E-state index contributed by atoms with van der Waals surface area (Å²) in [6, 6.07) is 0. The van der Waals surface area contributed by atoms with E-state index in [1.165, 1.54) is 0 Å². The highest BCUT2D eigenvalue weighted by Gasteiger charge is 1.83. The molecule has 0 fully saturated rings. The highest BCUT2D eigenvalue weighted by molar-refractivity contribution is 9.09. The molecule has 0 aliphatic carbocycles. The minimum Gasteiger partial charge on any atom is -0.481 e. The predicted octanol–water partition coefficient (Wildman–Crippen LogP) is 0.466. The second kappa shape index (κ2) is 2.20. The molecule has 30 valence electrons. The summed E-state index contributed by atoms with van der Waals surface area (Å²) in [6.45, 7) is 0. The van der Waals surface area contributed by atoms with Gasteiger partial charge in [0, 0.05) is 0 Å². The largest absolute Gasteiger partial charge is 0.481 e. The molecule has 0 rings (SSSR count). The van der Waals surface area contributed by atoms with E-state index in [1.54, 1.807) is 0 Å². The Hall–Kier alpha value is -0.0500. The molecule has 0 atom stereocenters. The van der Waals surface area contributed by atoms with E-state index in [-0.39, 0.29) is 5.33 Å². The maximum atomic E-state index is 9.32. The predicted molar refractivity (Wildman–Crippen MR) is 21.4 cm³/mol. The van der Waals surface area contributed by atoms with Crippen LogP contribution in [0.5, 0.6) is 0 Å². The highest BCUT2D eigenvalue weighted by atomic mass is 79.9. The Bertz CT molecular complexity index is 42.9. The smallest absolute Gasteiger partial charge is 0.314 e. The fourth-order valence-corrected chi connectivity index (χ4v) is 0. The number of alkyl halides is 1. The Morgan fingerprint density at radius 3 is 2.20 bits per heavy atom. The first kappa shape index (κ1) is 4.95. The van der Waals surface area contributed by atoms with Gasteiger partial charge in [-0.1, -0.05) is 15.9 Å². The van der Waals surface area contributed by atoms with Crippen LogP contribution in [0.15, 0.2) is 0 Å². The van der Waals surface area contributed by atoms with Gasteiger partial charge in [0.25, 0.3) is 0 Å². The number of hydrogen-bond acceptors (Lipinski definition) is 1. The van der Waals surface area contributed by atoms with Gasteiger partial charge in [0.15, 0.2) is 0 Å². The van der Waals surface area contributed by atoms with Gasteiger partial charge in [0.2, 0.25) is 0 Å². The molecule has 0 saturated carbocycles. The minimum absolute atomic E-state index is 0.0347. The first-order valence-electron chi connectivity index (χ1n) is 1.05. The molecule has 0 saturated heterocycles. The summed E-state index contributed by atoms with van der Waals surface area (Å²) in [5, 5.41) is 7.71. The normalized spacial score (nSPS) is 7.40. The van der Waals surface area contributed by atoms with Crippen LogP contribution in [0, 0.1) is 0 Å². The van der Waals surface area contributed by atoms with Gasteiger partial charge in [-0.2, -0.15) is 0 Å². The summed E-state index contributed by atoms with van der Waals surface area (Å²) >= 11 is 2.71. The second-order valence-electron chi connectivity index (χ2n) is 0.527. The number of carboxylic acid groups (broad SMARTS) is 1. The molecule has 0 spiro atoms. The van der Waals surface area contributed by atoms with Crippen molar-refractivity contribution in [2.24, 2.45) is 0 Å². The van der Waals surface area contributed by atoms with Gasteiger partial charge in [-0.05, 0) is 0 Å². The van der Waals surface area contributed by atoms with Crippen LogP contribution in [0.1, 0.15) is 0 Å². The number of carbonyl (C=O) groups is 1. The number of rotatable bonds is 1. The van der Waals surface area contributed by atoms with E-state index in [9.17, 15) is 4.79 Å². The third-order valence-corrected chi connectivity index (χ3v) is 0.594. The topological polar surface area (TPSA) is 37.3 Å². The van der Waals surface area contributed by atoms with Crippen LogP contribution in [0.4, 0.5) is 0 Å². The molecule has 2 nitrogen and oxygen atoms in total. The zero-order chi connectivity index (χ0) is 4.28. The van der Waals surface area contributed by atoms with Crippen molar-refractivity contribution in [2.75, 3.05) is 5.33 Å². The van der Waals surface area contributed by atoms with Crippen molar-refractivity contribution >= 4 is 21.9 Å². The lowest BCUT2D eigenvalue weighted by Crippen LogP contribution is -1.92. The summed E-state index contributed by atoms with van der Waals surface area (Å²) in [6.07, 6.45) is 0. The van der Waals surface area contributed by atoms with Crippen molar-refractivity contribution in [2.45, 2.75) is 0 Å². The molecule has 3 heteroatoms. The zero-order valence-corrected chi connectivity index (χ0v) is 4.03. The summed E-state index contributed by atoms with van der Waals surface area (Å²) in [4.78, 5) is 9.32. The van der Waals surface area contributed by atoms with E-state index >= 15 is 0 Å². The molecule has 0 radical (unpaired) electrons. The molecule has 0 aromatic heterocycles. The molecule has 1 N–H and O–H groups in total. The van der Waals surface area contributed by atoms with Crippen LogP contribution in [-0.4, -0.2) is 16.4 Å². The van der Waals surface area contributed by atoms with Gasteiger partial charge in [-0.3, -0.25) is 4.79 Å². The summed E-state index contributed by atoms with van der Waals surface area (Å²) < 4.78 is 0. The number of aliphatic carboxylic acids is 1. The fourth-order valence-electron chi connectivity index (χ4n) is 0. The van der Waals surface area contributed by atoms with Crippen molar-refractivity contribution in [1.29, 1.82) is 0 Å². The molecule has 5 heavy (non-hydrogen) atoms. The van der Waals surface area contributed by atoms with Gasteiger partial charge < -0.3 is 5.11 Å². The molecule has 0 heterocycles. The van der Waals surface area contributed by atoms with Crippen LogP contribution < -0.4 is 0 Å². The van der Waals surface area contributed by atoms with Crippen LogP contribution in [0.25, 0.3) is 0 Å². The molecule has 0 aromatic rings. The molecule has 0 aliphatic heterocycles. The van der Waals surface area contributed by atoms with Crippen LogP contribution >= 0.6 is 15.9 Å². The SMILES string of the molecule is O=[12C](O)CBr. The lowest BCUT2D eigenvalue weighted by molar-refractivity contribution is -0.133. The molecular formula is C2H3BrO2. The molecular weight excluding hydrogens is 136 g/mol. The van der Waals surface area contributed by atoms with Gasteiger partial charge in [0.05, 0.1) is 0 Å². The number of halogens is 1. The molecule has 0 aliphatic rings. The van der Waals surface area contributed by atoms with Crippen LogP contribution in [-0.2, 0) is 4.79 Å². The van der Waals surface area contributed by atoms with Crippen molar-refractivity contribution in [3.63, 3.8) is 0 Å². The maximum absolute atomic E-state index is 9.32. The van der Waals surface area contributed by atoms with Gasteiger partial charge in [0.1, 0.15) is 5.33 Å². The van der Waals surface area contributed by atoms with Crippen LogP contribution in [0.2, 0.25) is 0 Å². The second-order valence-corrected chi connectivity index (χ2v) is 1.09. The monoisotopic (exact) mass is 138 g/mol. The third kappa shape index (κ3) is 3.95. The molecule has 0 bridgehead atoms. The lowest BCUT2D eigenvalue weighted by Gasteiger charge is -1.70. The van der Waals surface area contributed by atoms with E-state index in [0.717, 1.165) is 0 Å². The number of hydrogen-bond donors (Lipinski definition) is 1. The van der Waals surface area contributed by atoms with E-state index in [4.69, 9.17) is 5.11 Å².